The fourth-order valence-electron chi connectivity index (χ4n) is 3.80. The summed E-state index contributed by atoms with van der Waals surface area (Å²) in [7, 11) is 0. The third-order valence-electron chi connectivity index (χ3n) is 5.12. The van der Waals surface area contributed by atoms with Crippen LogP contribution >= 0.6 is 0 Å². The fraction of sp³-hybridized carbons (Fsp3) is 0.647. The van der Waals surface area contributed by atoms with Crippen LogP contribution in [0.25, 0.3) is 11.0 Å². The first-order valence-electron chi connectivity index (χ1n) is 8.58. The van der Waals surface area contributed by atoms with Gasteiger partial charge in [0.25, 0.3) is 0 Å². The van der Waals surface area contributed by atoms with Crippen molar-refractivity contribution in [1.29, 1.82) is 0 Å². The molecule has 124 valence electrons. The highest BCUT2D eigenvalue weighted by Crippen LogP contribution is 2.30. The first kappa shape index (κ1) is 14.9. The maximum absolute atomic E-state index is 6.23. The summed E-state index contributed by atoms with van der Waals surface area (Å²) in [6.45, 7) is 5.96. The van der Waals surface area contributed by atoms with Crippen LogP contribution in [0.1, 0.15) is 31.2 Å². The molecule has 1 saturated heterocycles. The summed E-state index contributed by atoms with van der Waals surface area (Å²) in [5, 5.41) is 1.02. The van der Waals surface area contributed by atoms with Gasteiger partial charge in [0, 0.05) is 25.3 Å². The third kappa shape index (κ3) is 3.05. The van der Waals surface area contributed by atoms with Crippen molar-refractivity contribution < 1.29 is 9.47 Å². The van der Waals surface area contributed by atoms with Crippen LogP contribution in [0.2, 0.25) is 0 Å². The summed E-state index contributed by atoms with van der Waals surface area (Å²) < 4.78 is 11.7. The van der Waals surface area contributed by atoms with E-state index in [1.54, 1.807) is 6.33 Å². The van der Waals surface area contributed by atoms with Crippen LogP contribution < -0.4 is 4.74 Å². The zero-order valence-corrected chi connectivity index (χ0v) is 13.6. The highest BCUT2D eigenvalue weighted by atomic mass is 16.5. The molecule has 1 aliphatic heterocycles. The molecule has 4 rings (SSSR count). The van der Waals surface area contributed by atoms with Crippen molar-refractivity contribution in [3.8, 4) is 5.88 Å². The predicted molar refractivity (Wildman–Crippen MR) is 87.7 cm³/mol. The Labute approximate surface area is 136 Å². The molecule has 0 spiro atoms. The van der Waals surface area contributed by atoms with E-state index in [0.717, 1.165) is 61.6 Å². The first-order chi connectivity index (χ1) is 11.3. The van der Waals surface area contributed by atoms with Crippen LogP contribution in [0.3, 0.4) is 0 Å². The zero-order valence-electron chi connectivity index (χ0n) is 13.6. The molecule has 1 aliphatic carbocycles. The number of nitrogens with zero attached hydrogens (tertiary/aromatic N) is 3. The molecule has 2 aromatic rings. The maximum atomic E-state index is 6.23. The summed E-state index contributed by atoms with van der Waals surface area (Å²) in [6, 6.07) is 0.693. The Morgan fingerprint density at radius 3 is 2.74 bits per heavy atom. The van der Waals surface area contributed by atoms with Gasteiger partial charge in [0.2, 0.25) is 5.88 Å². The average molecular weight is 316 g/mol. The number of H-pyrrole nitrogens is 1. The summed E-state index contributed by atoms with van der Waals surface area (Å²) >= 11 is 0. The Kier molecular flexibility index (Phi) is 4.18. The van der Waals surface area contributed by atoms with Crippen molar-refractivity contribution in [2.24, 2.45) is 0 Å². The summed E-state index contributed by atoms with van der Waals surface area (Å²) in [5.74, 6) is 0.726. The lowest BCUT2D eigenvalue weighted by Crippen LogP contribution is -2.46. The molecule has 2 fully saturated rings. The lowest BCUT2D eigenvalue weighted by atomic mass is 9.91. The number of aromatic amines is 1. The van der Waals surface area contributed by atoms with Crippen molar-refractivity contribution in [3.63, 3.8) is 0 Å². The van der Waals surface area contributed by atoms with Crippen molar-refractivity contribution >= 4 is 11.0 Å². The normalized spacial score (nSPS) is 26.5. The predicted octanol–water partition coefficient (Wildman–Crippen LogP) is 2.29. The molecule has 2 aromatic heterocycles. The zero-order chi connectivity index (χ0) is 15.6. The number of ether oxygens (including phenoxy) is 2. The highest BCUT2D eigenvalue weighted by molar-refractivity contribution is 5.84. The Balaban J connectivity index is 1.40. The van der Waals surface area contributed by atoms with Gasteiger partial charge in [-0.25, -0.2) is 9.97 Å². The number of hydrogen-bond donors (Lipinski definition) is 1. The van der Waals surface area contributed by atoms with Crippen LogP contribution in [0.4, 0.5) is 0 Å². The van der Waals surface area contributed by atoms with Crippen molar-refractivity contribution in [2.45, 2.75) is 44.8 Å². The van der Waals surface area contributed by atoms with E-state index in [0.29, 0.717) is 6.04 Å². The summed E-state index contributed by atoms with van der Waals surface area (Å²) in [4.78, 5) is 14.4. The molecule has 6 nitrogen and oxygen atoms in total. The number of aromatic nitrogens is 3. The minimum atomic E-state index is 0.264. The second kappa shape index (κ2) is 6.45. The van der Waals surface area contributed by atoms with Crippen LogP contribution in [0.15, 0.2) is 12.5 Å². The fourth-order valence-corrected chi connectivity index (χ4v) is 3.80. The van der Waals surface area contributed by atoms with Gasteiger partial charge in [0.1, 0.15) is 18.1 Å². The van der Waals surface area contributed by atoms with Crippen molar-refractivity contribution in [2.75, 3.05) is 26.3 Å². The monoisotopic (exact) mass is 316 g/mol. The highest BCUT2D eigenvalue weighted by Gasteiger charge is 2.28. The minimum absolute atomic E-state index is 0.264. The van der Waals surface area contributed by atoms with Gasteiger partial charge in [-0.2, -0.15) is 0 Å². The van der Waals surface area contributed by atoms with E-state index < -0.39 is 0 Å². The molecule has 1 N–H and O–H groups in total. The van der Waals surface area contributed by atoms with E-state index >= 15 is 0 Å². The van der Waals surface area contributed by atoms with E-state index in [9.17, 15) is 0 Å². The molecule has 23 heavy (non-hydrogen) atoms. The number of rotatable bonds is 3. The van der Waals surface area contributed by atoms with Gasteiger partial charge in [0.05, 0.1) is 18.6 Å². The smallest absolute Gasteiger partial charge is 0.226 e. The third-order valence-corrected chi connectivity index (χ3v) is 5.12. The van der Waals surface area contributed by atoms with Gasteiger partial charge < -0.3 is 14.5 Å². The van der Waals surface area contributed by atoms with Crippen LogP contribution in [-0.4, -0.2) is 58.3 Å². The molecule has 3 heterocycles. The molecule has 1 saturated carbocycles. The Hall–Kier alpha value is -1.66. The summed E-state index contributed by atoms with van der Waals surface area (Å²) in [6.07, 6.45) is 8.39. The number of hydrogen-bond acceptors (Lipinski definition) is 5. The van der Waals surface area contributed by atoms with Crippen LogP contribution in [-0.2, 0) is 4.74 Å². The summed E-state index contributed by atoms with van der Waals surface area (Å²) in [5.41, 5.74) is 1.99. The molecule has 0 amide bonds. The van der Waals surface area contributed by atoms with E-state index in [2.05, 4.69) is 26.8 Å². The van der Waals surface area contributed by atoms with Gasteiger partial charge in [-0.15, -0.1) is 0 Å². The molecule has 6 heteroatoms. The van der Waals surface area contributed by atoms with Gasteiger partial charge >= 0.3 is 0 Å². The van der Waals surface area contributed by atoms with Crippen molar-refractivity contribution in [1.82, 2.24) is 19.9 Å². The molecule has 0 radical (unpaired) electrons. The van der Waals surface area contributed by atoms with E-state index in [1.165, 1.54) is 12.8 Å². The number of morpholine rings is 1. The van der Waals surface area contributed by atoms with Crippen LogP contribution in [0, 0.1) is 6.92 Å². The molecule has 0 unspecified atom stereocenters. The Morgan fingerprint density at radius 2 is 1.96 bits per heavy atom. The van der Waals surface area contributed by atoms with Gasteiger partial charge in [-0.1, -0.05) is 0 Å². The number of fused-ring (bicyclic) bond motifs is 1. The topological polar surface area (TPSA) is 63.3 Å². The average Bonchev–Trinajstić information content (AvgIpc) is 2.99. The van der Waals surface area contributed by atoms with Crippen molar-refractivity contribution in [3.05, 3.63) is 18.1 Å². The SMILES string of the molecule is Cc1c[nH]c2ncnc(OC3CCC(N4CCOCC4)CC3)c12. The lowest BCUT2D eigenvalue weighted by Gasteiger charge is -2.38. The Bertz CT molecular complexity index is 658. The molecular weight excluding hydrogens is 292 g/mol. The van der Waals surface area contributed by atoms with E-state index in [4.69, 9.17) is 9.47 Å². The van der Waals surface area contributed by atoms with E-state index in [1.807, 2.05) is 6.20 Å². The number of nitrogens with one attached hydrogen (secondary N) is 1. The minimum Gasteiger partial charge on any atom is -0.474 e. The van der Waals surface area contributed by atoms with Crippen LogP contribution in [0.5, 0.6) is 5.88 Å². The quantitative estimate of drug-likeness (QED) is 0.941. The first-order valence-corrected chi connectivity index (χ1v) is 8.58. The maximum Gasteiger partial charge on any atom is 0.226 e. The molecule has 2 aliphatic rings. The van der Waals surface area contributed by atoms with Gasteiger partial charge in [0.15, 0.2) is 0 Å². The van der Waals surface area contributed by atoms with E-state index in [-0.39, 0.29) is 6.10 Å². The second-order valence-corrected chi connectivity index (χ2v) is 6.57. The standard InChI is InChI=1S/C17H24N4O2/c1-12-10-18-16-15(12)17(20-11-19-16)23-14-4-2-13(3-5-14)21-6-8-22-9-7-21/h10-11,13-14H,2-9H2,1H3,(H,18,19,20). The molecular formula is C17H24N4O2. The molecule has 0 bridgehead atoms. The molecule has 0 aromatic carbocycles. The second-order valence-electron chi connectivity index (χ2n) is 6.57. The number of aryl methyl sites for hydroxylation is 1. The largest absolute Gasteiger partial charge is 0.474 e. The Morgan fingerprint density at radius 1 is 1.17 bits per heavy atom. The lowest BCUT2D eigenvalue weighted by molar-refractivity contribution is -0.00126. The van der Waals surface area contributed by atoms with Gasteiger partial charge in [-0.05, 0) is 38.2 Å². The van der Waals surface area contributed by atoms with Gasteiger partial charge in [-0.3, -0.25) is 4.90 Å². The molecule has 0 atom stereocenters.